The summed E-state index contributed by atoms with van der Waals surface area (Å²) in [4.78, 5) is 4.25. The zero-order valence-corrected chi connectivity index (χ0v) is 11.9. The first-order valence-electron chi connectivity index (χ1n) is 6.71. The van der Waals surface area contributed by atoms with Gasteiger partial charge in [-0.25, -0.2) is 4.98 Å². The molecule has 0 bridgehead atoms. The Kier molecular flexibility index (Phi) is 5.58. The highest BCUT2D eigenvalue weighted by atomic mass is 16.5. The number of benzene rings is 1. The number of ether oxygens (including phenoxy) is 2. The number of nitrogens with zero attached hydrogens (tertiary/aromatic N) is 1. The number of rotatable bonds is 8. The van der Waals surface area contributed by atoms with Crippen molar-refractivity contribution in [1.82, 2.24) is 10.3 Å². The smallest absolute Gasteiger partial charge is 0.208 e. The Morgan fingerprint density at radius 2 is 2.05 bits per heavy atom. The molecule has 1 N–H and O–H groups in total. The van der Waals surface area contributed by atoms with Crippen LogP contribution in [-0.2, 0) is 11.3 Å². The third-order valence-corrected chi connectivity index (χ3v) is 2.76. The molecule has 0 saturated heterocycles. The first-order chi connectivity index (χ1) is 9.83. The highest BCUT2D eigenvalue weighted by Crippen LogP contribution is 2.23. The van der Waals surface area contributed by atoms with Crippen LogP contribution in [0.2, 0.25) is 0 Å². The summed E-state index contributed by atoms with van der Waals surface area (Å²) >= 11 is 0. The van der Waals surface area contributed by atoms with Gasteiger partial charge in [-0.05, 0) is 31.2 Å². The van der Waals surface area contributed by atoms with Gasteiger partial charge in [-0.1, -0.05) is 0 Å². The van der Waals surface area contributed by atoms with Crippen molar-refractivity contribution in [3.8, 4) is 17.1 Å². The van der Waals surface area contributed by atoms with Crippen molar-refractivity contribution in [2.24, 2.45) is 0 Å². The van der Waals surface area contributed by atoms with Crippen LogP contribution in [0.25, 0.3) is 11.3 Å². The summed E-state index contributed by atoms with van der Waals surface area (Å²) in [6.45, 7) is 4.68. The van der Waals surface area contributed by atoms with Crippen LogP contribution in [0, 0.1) is 0 Å². The second-order valence-electron chi connectivity index (χ2n) is 4.25. The monoisotopic (exact) mass is 276 g/mol. The minimum absolute atomic E-state index is 0.598. The standard InChI is InChI=1S/C15H20N2O3/c1-3-19-13-6-4-12(5-7-13)14-10-17-15(20-14)11-16-8-9-18-2/h4-7,10,16H,3,8-9,11H2,1-2H3. The van der Waals surface area contributed by atoms with Crippen molar-refractivity contribution in [2.75, 3.05) is 26.9 Å². The minimum Gasteiger partial charge on any atom is -0.494 e. The summed E-state index contributed by atoms with van der Waals surface area (Å²) in [5.74, 6) is 2.29. The van der Waals surface area contributed by atoms with Crippen molar-refractivity contribution >= 4 is 0 Å². The Hall–Kier alpha value is -1.85. The fraction of sp³-hybridized carbons (Fsp3) is 0.400. The molecular formula is C15H20N2O3. The van der Waals surface area contributed by atoms with Crippen LogP contribution in [0.4, 0.5) is 0 Å². The highest BCUT2D eigenvalue weighted by Gasteiger charge is 2.06. The molecule has 2 rings (SSSR count). The Bertz CT molecular complexity index is 508. The molecule has 2 aromatic rings. The van der Waals surface area contributed by atoms with Crippen LogP contribution in [0.3, 0.4) is 0 Å². The summed E-state index contributed by atoms with van der Waals surface area (Å²) < 4.78 is 16.1. The number of aromatic nitrogens is 1. The Morgan fingerprint density at radius 3 is 2.75 bits per heavy atom. The lowest BCUT2D eigenvalue weighted by Gasteiger charge is -2.03. The molecule has 0 amide bonds. The van der Waals surface area contributed by atoms with Crippen molar-refractivity contribution < 1.29 is 13.9 Å². The molecule has 0 aliphatic rings. The maximum Gasteiger partial charge on any atom is 0.208 e. The number of hydrogen-bond donors (Lipinski definition) is 1. The zero-order chi connectivity index (χ0) is 14.2. The first kappa shape index (κ1) is 14.6. The van der Waals surface area contributed by atoms with Gasteiger partial charge in [0, 0.05) is 19.2 Å². The summed E-state index contributed by atoms with van der Waals surface area (Å²) in [7, 11) is 1.68. The average molecular weight is 276 g/mol. The van der Waals surface area contributed by atoms with Gasteiger partial charge in [-0.3, -0.25) is 0 Å². The fourth-order valence-electron chi connectivity index (χ4n) is 1.78. The first-order valence-corrected chi connectivity index (χ1v) is 6.71. The van der Waals surface area contributed by atoms with Crippen molar-refractivity contribution in [3.05, 3.63) is 36.4 Å². The van der Waals surface area contributed by atoms with Crippen LogP contribution in [-0.4, -0.2) is 31.9 Å². The van der Waals surface area contributed by atoms with Crippen LogP contribution < -0.4 is 10.1 Å². The van der Waals surface area contributed by atoms with Gasteiger partial charge in [-0.15, -0.1) is 0 Å². The number of nitrogens with one attached hydrogen (secondary N) is 1. The summed E-state index contributed by atoms with van der Waals surface area (Å²) in [5, 5.41) is 3.19. The Labute approximate surface area is 118 Å². The Balaban J connectivity index is 1.93. The van der Waals surface area contributed by atoms with Gasteiger partial charge in [0.1, 0.15) is 5.75 Å². The van der Waals surface area contributed by atoms with E-state index < -0.39 is 0 Å². The lowest BCUT2D eigenvalue weighted by Crippen LogP contribution is -2.18. The van der Waals surface area contributed by atoms with Crippen LogP contribution in [0.5, 0.6) is 5.75 Å². The number of hydrogen-bond acceptors (Lipinski definition) is 5. The van der Waals surface area contributed by atoms with Gasteiger partial charge in [0.2, 0.25) is 5.89 Å². The Morgan fingerprint density at radius 1 is 1.25 bits per heavy atom. The van der Waals surface area contributed by atoms with E-state index in [0.29, 0.717) is 25.6 Å². The molecule has 1 aromatic heterocycles. The summed E-state index contributed by atoms with van der Waals surface area (Å²) in [6, 6.07) is 7.79. The van der Waals surface area contributed by atoms with E-state index in [-0.39, 0.29) is 0 Å². The van der Waals surface area contributed by atoms with Gasteiger partial charge in [0.15, 0.2) is 5.76 Å². The molecule has 0 fully saturated rings. The SMILES string of the molecule is CCOc1ccc(-c2cnc(CNCCOC)o2)cc1. The second kappa shape index (κ2) is 7.67. The maximum atomic E-state index is 5.69. The molecule has 1 heterocycles. The van der Waals surface area contributed by atoms with E-state index in [2.05, 4.69) is 10.3 Å². The summed E-state index contributed by atoms with van der Waals surface area (Å²) in [5.41, 5.74) is 0.990. The molecule has 0 aliphatic heterocycles. The van der Waals surface area contributed by atoms with Crippen LogP contribution >= 0.6 is 0 Å². The molecule has 5 heteroatoms. The number of oxazole rings is 1. The topological polar surface area (TPSA) is 56.5 Å². The molecule has 1 aromatic carbocycles. The van der Waals surface area contributed by atoms with Gasteiger partial charge in [-0.2, -0.15) is 0 Å². The van der Waals surface area contributed by atoms with E-state index in [9.17, 15) is 0 Å². The fourth-order valence-corrected chi connectivity index (χ4v) is 1.78. The molecule has 0 saturated carbocycles. The molecule has 0 aliphatic carbocycles. The van der Waals surface area contributed by atoms with Crippen LogP contribution in [0.1, 0.15) is 12.8 Å². The lowest BCUT2D eigenvalue weighted by atomic mass is 10.2. The molecule has 20 heavy (non-hydrogen) atoms. The van der Waals surface area contributed by atoms with E-state index in [4.69, 9.17) is 13.9 Å². The average Bonchev–Trinajstić information content (AvgIpc) is 2.94. The molecular weight excluding hydrogens is 256 g/mol. The second-order valence-corrected chi connectivity index (χ2v) is 4.25. The largest absolute Gasteiger partial charge is 0.494 e. The predicted molar refractivity (Wildman–Crippen MR) is 76.7 cm³/mol. The summed E-state index contributed by atoms with van der Waals surface area (Å²) in [6.07, 6.45) is 1.74. The van der Waals surface area contributed by atoms with Gasteiger partial charge in [0.25, 0.3) is 0 Å². The van der Waals surface area contributed by atoms with E-state index in [1.165, 1.54) is 0 Å². The molecule has 0 unspecified atom stereocenters. The highest BCUT2D eigenvalue weighted by molar-refractivity contribution is 5.57. The van der Waals surface area contributed by atoms with E-state index >= 15 is 0 Å². The lowest BCUT2D eigenvalue weighted by molar-refractivity contribution is 0.198. The molecule has 0 radical (unpaired) electrons. The third kappa shape index (κ3) is 4.08. The minimum atomic E-state index is 0.598. The van der Waals surface area contributed by atoms with Crippen molar-refractivity contribution in [3.63, 3.8) is 0 Å². The maximum absolute atomic E-state index is 5.69. The normalized spacial score (nSPS) is 10.7. The predicted octanol–water partition coefficient (Wildman–Crippen LogP) is 2.48. The van der Waals surface area contributed by atoms with Crippen LogP contribution in [0.15, 0.2) is 34.9 Å². The quantitative estimate of drug-likeness (QED) is 0.751. The van der Waals surface area contributed by atoms with Crippen molar-refractivity contribution in [2.45, 2.75) is 13.5 Å². The van der Waals surface area contributed by atoms with E-state index in [1.54, 1.807) is 13.3 Å². The molecule has 0 atom stereocenters. The zero-order valence-electron chi connectivity index (χ0n) is 11.9. The molecule has 108 valence electrons. The van der Waals surface area contributed by atoms with Crippen molar-refractivity contribution in [1.29, 1.82) is 0 Å². The molecule has 0 spiro atoms. The molecule has 5 nitrogen and oxygen atoms in total. The number of methoxy groups -OCH3 is 1. The third-order valence-electron chi connectivity index (χ3n) is 2.76. The van der Waals surface area contributed by atoms with Gasteiger partial charge < -0.3 is 19.2 Å². The van der Waals surface area contributed by atoms with Gasteiger partial charge in [0.05, 0.1) is 26.0 Å². The van der Waals surface area contributed by atoms with Gasteiger partial charge >= 0.3 is 0 Å². The van der Waals surface area contributed by atoms with E-state index in [0.717, 1.165) is 23.6 Å². The van der Waals surface area contributed by atoms with E-state index in [1.807, 2.05) is 31.2 Å².